The lowest BCUT2D eigenvalue weighted by Crippen LogP contribution is -2.57. The second-order valence-electron chi connectivity index (χ2n) is 14.8. The first-order valence-corrected chi connectivity index (χ1v) is 17.7. The summed E-state index contributed by atoms with van der Waals surface area (Å²) in [6.07, 6.45) is -1.73. The van der Waals surface area contributed by atoms with Crippen LogP contribution in [0.3, 0.4) is 0 Å². The molecule has 0 unspecified atom stereocenters. The van der Waals surface area contributed by atoms with Crippen molar-refractivity contribution in [2.45, 2.75) is 77.1 Å². The van der Waals surface area contributed by atoms with Crippen molar-refractivity contribution in [1.29, 1.82) is 0 Å². The van der Waals surface area contributed by atoms with E-state index in [1.807, 2.05) is 36.4 Å². The van der Waals surface area contributed by atoms with Crippen molar-refractivity contribution in [1.82, 2.24) is 9.88 Å². The van der Waals surface area contributed by atoms with E-state index in [0.717, 1.165) is 60.3 Å². The molecule has 50 heavy (non-hydrogen) atoms. The molecule has 3 aromatic carbocycles. The lowest BCUT2D eigenvalue weighted by atomic mass is 9.91. The number of halogens is 3. The molecule has 2 saturated carbocycles. The number of alkyl halides is 3. The van der Waals surface area contributed by atoms with Crippen LogP contribution >= 0.6 is 0 Å². The molecule has 1 aromatic heterocycles. The van der Waals surface area contributed by atoms with E-state index in [-0.39, 0.29) is 42.0 Å². The quantitative estimate of drug-likeness (QED) is 0.185. The first-order valence-electron chi connectivity index (χ1n) is 17.7. The smallest absolute Gasteiger partial charge is 0.378 e. The van der Waals surface area contributed by atoms with E-state index in [1.54, 1.807) is 4.90 Å². The average Bonchev–Trinajstić information content (AvgIpc) is 3.44. The van der Waals surface area contributed by atoms with Crippen LogP contribution in [0.5, 0.6) is 0 Å². The van der Waals surface area contributed by atoms with Crippen LogP contribution in [0.4, 0.5) is 24.5 Å². The van der Waals surface area contributed by atoms with Crippen LogP contribution in [-0.2, 0) is 27.0 Å². The average molecular weight is 687 g/mol. The zero-order chi connectivity index (χ0) is 35.3. The number of nitrogens with one attached hydrogen (secondary N) is 2. The van der Waals surface area contributed by atoms with Crippen LogP contribution in [0.2, 0.25) is 0 Å². The number of morpholine rings is 1. The Morgan fingerprint density at radius 2 is 1.62 bits per heavy atom. The van der Waals surface area contributed by atoms with Gasteiger partial charge in [-0.3, -0.25) is 9.59 Å². The summed E-state index contributed by atoms with van der Waals surface area (Å²) in [7, 11) is 0. The molecule has 264 valence electrons. The van der Waals surface area contributed by atoms with E-state index in [9.17, 15) is 22.8 Å². The number of nitrogens with zero attached hydrogens (tertiary/aromatic N) is 2. The number of benzene rings is 3. The minimum atomic E-state index is -4.47. The van der Waals surface area contributed by atoms with E-state index in [2.05, 4.69) is 48.1 Å². The van der Waals surface area contributed by atoms with E-state index in [4.69, 9.17) is 4.74 Å². The first-order chi connectivity index (χ1) is 23.9. The first kappa shape index (κ1) is 34.2. The number of fused-ring (bicyclic) bond motifs is 1. The molecule has 3 fully saturated rings. The molecule has 10 heteroatoms. The third kappa shape index (κ3) is 6.38. The summed E-state index contributed by atoms with van der Waals surface area (Å²) in [6, 6.07) is 20.9. The Labute approximate surface area is 291 Å². The molecule has 0 bridgehead atoms. The van der Waals surface area contributed by atoms with Crippen molar-refractivity contribution in [3.05, 3.63) is 95.2 Å². The van der Waals surface area contributed by atoms with Gasteiger partial charge in [-0.25, -0.2) is 0 Å². The number of carbonyl (C=O) groups excluding carboxylic acids is 2. The topological polar surface area (TPSA) is 77.7 Å². The van der Waals surface area contributed by atoms with Gasteiger partial charge in [0.15, 0.2) is 0 Å². The fourth-order valence-corrected chi connectivity index (χ4v) is 8.56. The lowest BCUT2D eigenvalue weighted by Gasteiger charge is -2.40. The molecule has 4 aromatic rings. The highest BCUT2D eigenvalue weighted by atomic mass is 19.4. The number of hydrogen-bond donors (Lipinski definition) is 2. The van der Waals surface area contributed by atoms with Crippen LogP contribution in [-0.4, -0.2) is 53.5 Å². The number of aromatic nitrogens is 1. The van der Waals surface area contributed by atoms with Crippen LogP contribution in [0, 0.1) is 18.3 Å². The van der Waals surface area contributed by atoms with Gasteiger partial charge in [0, 0.05) is 54.0 Å². The summed E-state index contributed by atoms with van der Waals surface area (Å²) >= 11 is 0. The van der Waals surface area contributed by atoms with Gasteiger partial charge in [0.1, 0.15) is 5.54 Å². The number of amides is 2. The number of aromatic amines is 1. The Balaban J connectivity index is 1.17. The maximum Gasteiger partial charge on any atom is 0.416 e. The highest BCUT2D eigenvalue weighted by Gasteiger charge is 2.61. The minimum absolute atomic E-state index is 0.0391. The van der Waals surface area contributed by atoms with Gasteiger partial charge >= 0.3 is 6.18 Å². The molecule has 1 aliphatic heterocycles. The monoisotopic (exact) mass is 686 g/mol. The van der Waals surface area contributed by atoms with Crippen molar-refractivity contribution in [2.24, 2.45) is 11.3 Å². The molecule has 2 N–H and O–H groups in total. The molecule has 2 amide bonds. The molecule has 2 aliphatic carbocycles. The van der Waals surface area contributed by atoms with Gasteiger partial charge in [-0.15, -0.1) is 0 Å². The highest BCUT2D eigenvalue weighted by molar-refractivity contribution is 6.01. The number of ether oxygens (including phenoxy) is 1. The van der Waals surface area contributed by atoms with E-state index < -0.39 is 17.3 Å². The fraction of sp³-hybridized carbons (Fsp3) is 0.450. The molecule has 3 aliphatic rings. The molecule has 7 rings (SSSR count). The number of carbonyl (C=O) groups is 2. The third-order valence-corrected chi connectivity index (χ3v) is 11.5. The molecule has 0 spiro atoms. The van der Waals surface area contributed by atoms with Crippen LogP contribution in [0.25, 0.3) is 10.9 Å². The zero-order valence-electron chi connectivity index (χ0n) is 28.9. The van der Waals surface area contributed by atoms with Crippen LogP contribution in [0.15, 0.2) is 72.8 Å². The van der Waals surface area contributed by atoms with Crippen molar-refractivity contribution in [2.75, 3.05) is 36.5 Å². The second-order valence-corrected chi connectivity index (χ2v) is 14.8. The maximum absolute atomic E-state index is 14.7. The number of hydrogen-bond acceptors (Lipinski definition) is 4. The zero-order valence-corrected chi connectivity index (χ0v) is 28.9. The summed E-state index contributed by atoms with van der Waals surface area (Å²) in [5, 5.41) is 4.28. The van der Waals surface area contributed by atoms with Gasteiger partial charge in [0.2, 0.25) is 11.8 Å². The molecule has 7 nitrogen and oxygen atoms in total. The Kier molecular flexibility index (Phi) is 8.95. The van der Waals surface area contributed by atoms with Gasteiger partial charge in [-0.2, -0.15) is 13.2 Å². The predicted octanol–water partition coefficient (Wildman–Crippen LogP) is 8.44. The Morgan fingerprint density at radius 3 is 2.28 bits per heavy atom. The Hall–Kier alpha value is -4.31. The molecule has 0 radical (unpaired) electrons. The standard InChI is InChI=1S/C40H45F3N4O3/c1-26-35(31-8-4-5-9-33(31)44-26)36-32(38(36,2)3)24-34(48)47(25-27-10-12-28(13-11-27)40(41,42)43)39(18-6-7-19-39)37(49)45-29-14-16-30(17-15-29)46-20-22-50-23-21-46/h4-5,8-17,32,36,44H,6-7,18-25H2,1-3H3,(H,45,49)/t32-,36-/m1/s1. The largest absolute Gasteiger partial charge is 0.416 e. The van der Waals surface area contributed by atoms with Gasteiger partial charge in [0.25, 0.3) is 0 Å². The van der Waals surface area contributed by atoms with Crippen molar-refractivity contribution in [3.8, 4) is 0 Å². The van der Waals surface area contributed by atoms with Crippen molar-refractivity contribution < 1.29 is 27.5 Å². The molecular weight excluding hydrogens is 641 g/mol. The molecule has 2 heterocycles. The van der Waals surface area contributed by atoms with Crippen molar-refractivity contribution in [3.63, 3.8) is 0 Å². The minimum Gasteiger partial charge on any atom is -0.378 e. The summed E-state index contributed by atoms with van der Waals surface area (Å²) in [6.45, 7) is 9.44. The normalized spacial score (nSPS) is 21.3. The molecular formula is C40H45F3N4O3. The summed E-state index contributed by atoms with van der Waals surface area (Å²) in [5.41, 5.74) is 3.59. The van der Waals surface area contributed by atoms with Crippen LogP contribution in [0.1, 0.15) is 74.3 Å². The summed E-state index contributed by atoms with van der Waals surface area (Å²) < 4.78 is 45.8. The number of aryl methyl sites for hydroxylation is 1. The fourth-order valence-electron chi connectivity index (χ4n) is 8.56. The van der Waals surface area contributed by atoms with Crippen LogP contribution < -0.4 is 10.2 Å². The van der Waals surface area contributed by atoms with E-state index in [0.29, 0.717) is 37.3 Å². The number of para-hydroxylation sites is 1. The predicted molar refractivity (Wildman–Crippen MR) is 189 cm³/mol. The maximum atomic E-state index is 14.7. The Bertz CT molecular complexity index is 1850. The SMILES string of the molecule is Cc1[nH]c2ccccc2c1[C@H]1[C@@H](CC(=O)N(Cc2ccc(C(F)(F)F)cc2)C2(C(=O)Nc3ccc(N4CCOCC4)cc3)CCCC2)C1(C)C. The van der Waals surface area contributed by atoms with Gasteiger partial charge in [0.05, 0.1) is 18.8 Å². The number of H-pyrrole nitrogens is 1. The summed E-state index contributed by atoms with van der Waals surface area (Å²) in [5.74, 6) is -0.220. The third-order valence-electron chi connectivity index (χ3n) is 11.5. The van der Waals surface area contributed by atoms with E-state index >= 15 is 0 Å². The summed E-state index contributed by atoms with van der Waals surface area (Å²) in [4.78, 5) is 36.5. The molecule has 2 atom stereocenters. The lowest BCUT2D eigenvalue weighted by molar-refractivity contribution is -0.146. The van der Waals surface area contributed by atoms with Gasteiger partial charge in [-0.1, -0.05) is 57.0 Å². The van der Waals surface area contributed by atoms with Crippen molar-refractivity contribution >= 4 is 34.1 Å². The van der Waals surface area contributed by atoms with Gasteiger partial charge in [-0.05, 0) is 90.6 Å². The Morgan fingerprint density at radius 1 is 0.960 bits per heavy atom. The molecule has 1 saturated heterocycles. The van der Waals surface area contributed by atoms with Gasteiger partial charge < -0.3 is 24.8 Å². The second kappa shape index (κ2) is 13.1. The van der Waals surface area contributed by atoms with E-state index in [1.165, 1.54) is 17.7 Å². The number of anilines is 2. The number of rotatable bonds is 9. The highest BCUT2D eigenvalue weighted by Crippen LogP contribution is 2.67.